The van der Waals surface area contributed by atoms with Gasteiger partial charge >= 0.3 is 0 Å². The lowest BCUT2D eigenvalue weighted by atomic mass is 9.91. The summed E-state index contributed by atoms with van der Waals surface area (Å²) in [6.45, 7) is 2.42. The van der Waals surface area contributed by atoms with Gasteiger partial charge in [0.25, 0.3) is 0 Å². The number of aromatic nitrogens is 2. The Labute approximate surface area is 112 Å². The summed E-state index contributed by atoms with van der Waals surface area (Å²) < 4.78 is 1.89. The normalized spacial score (nSPS) is 16.4. The zero-order chi connectivity index (χ0) is 12.1. The van der Waals surface area contributed by atoms with E-state index in [4.69, 9.17) is 0 Å². The first kappa shape index (κ1) is 13.1. The molecule has 0 bridgehead atoms. The van der Waals surface area contributed by atoms with Gasteiger partial charge in [-0.3, -0.25) is 4.68 Å². The first-order valence-electron chi connectivity index (χ1n) is 6.57. The lowest BCUT2D eigenvalue weighted by Gasteiger charge is -2.37. The van der Waals surface area contributed by atoms with Crippen molar-refractivity contribution in [3.63, 3.8) is 0 Å². The van der Waals surface area contributed by atoms with Crippen molar-refractivity contribution in [3.05, 3.63) is 18.0 Å². The smallest absolute Gasteiger partial charge is 0.0522 e. The molecular weight excluding hydrogens is 278 g/mol. The Bertz CT molecular complexity index is 333. The summed E-state index contributed by atoms with van der Waals surface area (Å²) >= 11 is 3.53. The number of hydrogen-bond acceptors (Lipinski definition) is 2. The van der Waals surface area contributed by atoms with Crippen LogP contribution in [0.5, 0.6) is 0 Å². The lowest BCUT2D eigenvalue weighted by Crippen LogP contribution is -2.42. The second-order valence-corrected chi connectivity index (χ2v) is 5.73. The van der Waals surface area contributed by atoms with Crippen molar-refractivity contribution in [1.82, 2.24) is 14.7 Å². The van der Waals surface area contributed by atoms with Crippen LogP contribution in [-0.2, 0) is 13.5 Å². The summed E-state index contributed by atoms with van der Waals surface area (Å²) in [5.41, 5.74) is 1.36. The topological polar surface area (TPSA) is 21.1 Å². The molecule has 1 aliphatic rings. The number of hydrogen-bond donors (Lipinski definition) is 0. The average Bonchev–Trinajstić information content (AvgIpc) is 2.65. The molecule has 1 aliphatic carbocycles. The Morgan fingerprint density at radius 3 is 2.82 bits per heavy atom. The first-order valence-corrected chi connectivity index (χ1v) is 7.69. The molecule has 0 amide bonds. The average molecular weight is 300 g/mol. The zero-order valence-electron chi connectivity index (χ0n) is 10.6. The number of halogens is 1. The monoisotopic (exact) mass is 299 g/mol. The van der Waals surface area contributed by atoms with E-state index in [-0.39, 0.29) is 0 Å². The van der Waals surface area contributed by atoms with Crippen LogP contribution in [0, 0.1) is 0 Å². The van der Waals surface area contributed by atoms with Gasteiger partial charge in [-0.05, 0) is 37.8 Å². The highest BCUT2D eigenvalue weighted by molar-refractivity contribution is 9.09. The molecule has 1 aromatic rings. The molecular formula is C13H22BrN3. The lowest BCUT2D eigenvalue weighted by molar-refractivity contribution is 0.129. The molecule has 0 aliphatic heterocycles. The SMILES string of the molecule is Cn1cc(CCN(CCCBr)C2CCC2)cn1. The highest BCUT2D eigenvalue weighted by Gasteiger charge is 2.24. The predicted octanol–water partition coefficient (Wildman–Crippen LogP) is 2.60. The standard InChI is InChI=1S/C13H22BrN3/c1-16-11-12(10-15-16)6-9-17(8-3-7-14)13-4-2-5-13/h10-11,13H,2-9H2,1H3. The van der Waals surface area contributed by atoms with Crippen molar-refractivity contribution < 1.29 is 0 Å². The Kier molecular flexibility index (Phi) is 5.04. The predicted molar refractivity (Wildman–Crippen MR) is 74.5 cm³/mol. The zero-order valence-corrected chi connectivity index (χ0v) is 12.2. The van der Waals surface area contributed by atoms with Crippen LogP contribution < -0.4 is 0 Å². The van der Waals surface area contributed by atoms with Crippen molar-refractivity contribution in [1.29, 1.82) is 0 Å². The van der Waals surface area contributed by atoms with Crippen LogP contribution in [0.25, 0.3) is 0 Å². The van der Waals surface area contributed by atoms with Gasteiger partial charge in [-0.15, -0.1) is 0 Å². The second kappa shape index (κ2) is 6.55. The van der Waals surface area contributed by atoms with E-state index in [1.807, 2.05) is 17.9 Å². The number of aryl methyl sites for hydroxylation is 1. The van der Waals surface area contributed by atoms with Gasteiger partial charge < -0.3 is 4.90 Å². The van der Waals surface area contributed by atoms with Crippen molar-refractivity contribution in [2.45, 2.75) is 38.1 Å². The maximum absolute atomic E-state index is 4.23. The van der Waals surface area contributed by atoms with Crippen molar-refractivity contribution in [3.8, 4) is 0 Å². The molecule has 96 valence electrons. The maximum atomic E-state index is 4.23. The quantitative estimate of drug-likeness (QED) is 0.722. The van der Waals surface area contributed by atoms with Crippen LogP contribution in [0.1, 0.15) is 31.2 Å². The molecule has 0 N–H and O–H groups in total. The minimum absolute atomic E-state index is 0.853. The number of alkyl halides is 1. The van der Waals surface area contributed by atoms with Gasteiger partial charge in [0, 0.05) is 31.2 Å². The van der Waals surface area contributed by atoms with Gasteiger partial charge in [-0.2, -0.15) is 5.10 Å². The summed E-state index contributed by atoms with van der Waals surface area (Å²) in [6.07, 6.45) is 10.7. The summed E-state index contributed by atoms with van der Waals surface area (Å²) in [4.78, 5) is 2.66. The summed E-state index contributed by atoms with van der Waals surface area (Å²) in [7, 11) is 1.98. The van der Waals surface area contributed by atoms with Crippen LogP contribution >= 0.6 is 15.9 Å². The van der Waals surface area contributed by atoms with Crippen molar-refractivity contribution in [2.75, 3.05) is 18.4 Å². The molecule has 0 saturated heterocycles. The third kappa shape index (κ3) is 3.81. The fraction of sp³-hybridized carbons (Fsp3) is 0.769. The minimum Gasteiger partial charge on any atom is -0.300 e. The van der Waals surface area contributed by atoms with E-state index in [0.29, 0.717) is 0 Å². The van der Waals surface area contributed by atoms with Gasteiger partial charge in [0.1, 0.15) is 0 Å². The van der Waals surface area contributed by atoms with Crippen LogP contribution in [0.4, 0.5) is 0 Å². The Morgan fingerprint density at radius 1 is 1.47 bits per heavy atom. The summed E-state index contributed by atoms with van der Waals surface area (Å²) in [5, 5.41) is 5.34. The molecule has 0 atom stereocenters. The molecule has 17 heavy (non-hydrogen) atoms. The Morgan fingerprint density at radius 2 is 2.29 bits per heavy atom. The van der Waals surface area contributed by atoms with E-state index >= 15 is 0 Å². The van der Waals surface area contributed by atoms with Crippen LogP contribution in [0.2, 0.25) is 0 Å². The van der Waals surface area contributed by atoms with Crippen LogP contribution in [-0.4, -0.2) is 39.1 Å². The summed E-state index contributed by atoms with van der Waals surface area (Å²) in [6, 6.07) is 0.853. The fourth-order valence-electron chi connectivity index (χ4n) is 2.37. The van der Waals surface area contributed by atoms with Gasteiger partial charge in [0.2, 0.25) is 0 Å². The Hall–Kier alpha value is -0.350. The van der Waals surface area contributed by atoms with Gasteiger partial charge in [0.05, 0.1) is 6.20 Å². The van der Waals surface area contributed by atoms with Crippen LogP contribution in [0.15, 0.2) is 12.4 Å². The maximum Gasteiger partial charge on any atom is 0.0522 e. The second-order valence-electron chi connectivity index (χ2n) is 4.94. The molecule has 3 nitrogen and oxygen atoms in total. The molecule has 1 fully saturated rings. The molecule has 4 heteroatoms. The van der Waals surface area contributed by atoms with E-state index in [1.165, 1.54) is 44.3 Å². The third-order valence-corrected chi connectivity index (χ3v) is 4.18. The van der Waals surface area contributed by atoms with E-state index < -0.39 is 0 Å². The highest BCUT2D eigenvalue weighted by Crippen LogP contribution is 2.25. The molecule has 1 saturated carbocycles. The van der Waals surface area contributed by atoms with E-state index in [0.717, 1.165) is 17.8 Å². The minimum atomic E-state index is 0.853. The molecule has 1 aromatic heterocycles. The van der Waals surface area contributed by atoms with E-state index in [9.17, 15) is 0 Å². The first-order chi connectivity index (χ1) is 8.29. The van der Waals surface area contributed by atoms with Gasteiger partial charge in [-0.1, -0.05) is 22.4 Å². The van der Waals surface area contributed by atoms with E-state index in [1.54, 1.807) is 0 Å². The number of rotatable bonds is 7. The molecule has 1 heterocycles. The van der Waals surface area contributed by atoms with E-state index in [2.05, 4.69) is 32.1 Å². The molecule has 0 radical (unpaired) electrons. The van der Waals surface area contributed by atoms with Gasteiger partial charge in [0.15, 0.2) is 0 Å². The summed E-state index contributed by atoms with van der Waals surface area (Å²) in [5.74, 6) is 0. The van der Waals surface area contributed by atoms with Crippen molar-refractivity contribution >= 4 is 15.9 Å². The third-order valence-electron chi connectivity index (χ3n) is 3.62. The molecule has 0 aromatic carbocycles. The molecule has 0 spiro atoms. The van der Waals surface area contributed by atoms with Gasteiger partial charge in [-0.25, -0.2) is 0 Å². The van der Waals surface area contributed by atoms with Crippen LogP contribution in [0.3, 0.4) is 0 Å². The Balaban J connectivity index is 1.79. The highest BCUT2D eigenvalue weighted by atomic mass is 79.9. The number of nitrogens with zero attached hydrogens (tertiary/aromatic N) is 3. The van der Waals surface area contributed by atoms with Crippen molar-refractivity contribution in [2.24, 2.45) is 7.05 Å². The molecule has 0 unspecified atom stereocenters. The molecule has 2 rings (SSSR count). The fourth-order valence-corrected chi connectivity index (χ4v) is 2.62. The largest absolute Gasteiger partial charge is 0.300 e.